The van der Waals surface area contributed by atoms with Gasteiger partial charge in [0.25, 0.3) is 0 Å². The number of halogens is 3. The molecule has 1 aromatic rings. The van der Waals surface area contributed by atoms with Crippen LogP contribution in [0.5, 0.6) is 0 Å². The van der Waals surface area contributed by atoms with E-state index < -0.39 is 12.6 Å². The van der Waals surface area contributed by atoms with E-state index in [2.05, 4.69) is 0 Å². The van der Waals surface area contributed by atoms with Gasteiger partial charge < -0.3 is 0 Å². The van der Waals surface area contributed by atoms with Crippen LogP contribution >= 0.6 is 0 Å². The number of hydrogen-bond donors (Lipinski definition) is 0. The van der Waals surface area contributed by atoms with Gasteiger partial charge in [0.15, 0.2) is 0 Å². The third-order valence-electron chi connectivity index (χ3n) is 2.18. The fraction of sp³-hybridized carbons (Fsp3) is 0.455. The molecule has 0 amide bonds. The molecule has 78 valence electrons. The lowest BCUT2D eigenvalue weighted by atomic mass is 10.0. The quantitative estimate of drug-likeness (QED) is 0.700. The highest BCUT2D eigenvalue weighted by Gasteiger charge is 2.26. The SMILES string of the molecule is CCc1ccccc1CCC(F)(F)F. The second-order valence-electron chi connectivity index (χ2n) is 3.24. The van der Waals surface area contributed by atoms with E-state index in [-0.39, 0.29) is 6.42 Å². The zero-order valence-corrected chi connectivity index (χ0v) is 8.06. The van der Waals surface area contributed by atoms with Crippen molar-refractivity contribution >= 4 is 0 Å². The first-order valence-corrected chi connectivity index (χ1v) is 4.66. The molecule has 0 nitrogen and oxygen atoms in total. The Morgan fingerprint density at radius 2 is 1.64 bits per heavy atom. The molecule has 0 spiro atoms. The van der Waals surface area contributed by atoms with Gasteiger partial charge in [0.2, 0.25) is 0 Å². The Balaban J connectivity index is 2.67. The summed E-state index contributed by atoms with van der Waals surface area (Å²) in [5.74, 6) is 0. The fourth-order valence-electron chi connectivity index (χ4n) is 1.42. The van der Waals surface area contributed by atoms with Crippen molar-refractivity contribution in [1.82, 2.24) is 0 Å². The lowest BCUT2D eigenvalue weighted by Gasteiger charge is -2.09. The van der Waals surface area contributed by atoms with E-state index >= 15 is 0 Å². The van der Waals surface area contributed by atoms with Gasteiger partial charge >= 0.3 is 6.18 Å². The molecule has 0 saturated heterocycles. The molecule has 0 atom stereocenters. The van der Waals surface area contributed by atoms with Gasteiger partial charge in [-0.1, -0.05) is 31.2 Å². The highest BCUT2D eigenvalue weighted by Crippen LogP contribution is 2.23. The van der Waals surface area contributed by atoms with E-state index in [1.165, 1.54) is 0 Å². The summed E-state index contributed by atoms with van der Waals surface area (Å²) in [7, 11) is 0. The minimum Gasteiger partial charge on any atom is -0.171 e. The summed E-state index contributed by atoms with van der Waals surface area (Å²) in [6.07, 6.45) is -3.91. The second kappa shape index (κ2) is 4.49. The van der Waals surface area contributed by atoms with Gasteiger partial charge in [0.05, 0.1) is 0 Å². The first kappa shape index (κ1) is 11.1. The smallest absolute Gasteiger partial charge is 0.171 e. The molecule has 3 heteroatoms. The standard InChI is InChI=1S/C11H13F3/c1-2-9-5-3-4-6-10(9)7-8-11(12,13)14/h3-6H,2,7-8H2,1H3. The summed E-state index contributed by atoms with van der Waals surface area (Å²) in [5, 5.41) is 0. The molecule has 0 saturated carbocycles. The summed E-state index contributed by atoms with van der Waals surface area (Å²) < 4.78 is 35.9. The predicted molar refractivity (Wildman–Crippen MR) is 50.2 cm³/mol. The maximum atomic E-state index is 12.0. The molecule has 14 heavy (non-hydrogen) atoms. The maximum Gasteiger partial charge on any atom is 0.389 e. The maximum absolute atomic E-state index is 12.0. The van der Waals surface area contributed by atoms with Crippen LogP contribution in [0.3, 0.4) is 0 Å². The first-order chi connectivity index (χ1) is 6.53. The zero-order chi connectivity index (χ0) is 10.6. The number of benzene rings is 1. The lowest BCUT2D eigenvalue weighted by molar-refractivity contribution is -0.134. The molecule has 0 N–H and O–H groups in total. The van der Waals surface area contributed by atoms with Crippen LogP contribution < -0.4 is 0 Å². The van der Waals surface area contributed by atoms with Crippen molar-refractivity contribution in [3.8, 4) is 0 Å². The van der Waals surface area contributed by atoms with E-state index in [1.807, 2.05) is 19.1 Å². The van der Waals surface area contributed by atoms with Crippen molar-refractivity contribution in [3.05, 3.63) is 35.4 Å². The van der Waals surface area contributed by atoms with Crippen molar-refractivity contribution in [1.29, 1.82) is 0 Å². The second-order valence-corrected chi connectivity index (χ2v) is 3.24. The zero-order valence-electron chi connectivity index (χ0n) is 8.06. The highest BCUT2D eigenvalue weighted by atomic mass is 19.4. The minimum absolute atomic E-state index is 0.0908. The van der Waals surface area contributed by atoms with E-state index in [1.54, 1.807) is 12.1 Å². The normalized spacial score (nSPS) is 11.7. The molecule has 0 bridgehead atoms. The van der Waals surface area contributed by atoms with E-state index in [0.717, 1.165) is 17.5 Å². The van der Waals surface area contributed by atoms with Crippen molar-refractivity contribution in [2.75, 3.05) is 0 Å². The molecule has 0 heterocycles. The van der Waals surface area contributed by atoms with Crippen LogP contribution in [0.15, 0.2) is 24.3 Å². The summed E-state index contributed by atoms with van der Waals surface area (Å²) in [4.78, 5) is 0. The van der Waals surface area contributed by atoms with Crippen LogP contribution in [-0.4, -0.2) is 6.18 Å². The van der Waals surface area contributed by atoms with E-state index in [0.29, 0.717) is 0 Å². The summed E-state index contributed by atoms with van der Waals surface area (Å²) in [6.45, 7) is 1.95. The van der Waals surface area contributed by atoms with Crippen molar-refractivity contribution < 1.29 is 13.2 Å². The lowest BCUT2D eigenvalue weighted by Crippen LogP contribution is -2.09. The van der Waals surface area contributed by atoms with Crippen LogP contribution in [0.2, 0.25) is 0 Å². The molecule has 0 aliphatic heterocycles. The third-order valence-corrected chi connectivity index (χ3v) is 2.18. The molecular weight excluding hydrogens is 189 g/mol. The molecule has 0 unspecified atom stereocenters. The Hall–Kier alpha value is -0.990. The average Bonchev–Trinajstić information content (AvgIpc) is 2.14. The largest absolute Gasteiger partial charge is 0.389 e. The van der Waals surface area contributed by atoms with Crippen LogP contribution in [0.4, 0.5) is 13.2 Å². The van der Waals surface area contributed by atoms with Gasteiger partial charge in [0, 0.05) is 6.42 Å². The molecule has 0 aliphatic rings. The Labute approximate surface area is 81.8 Å². The molecule has 1 rings (SSSR count). The molecule has 0 aromatic heterocycles. The number of alkyl halides is 3. The average molecular weight is 202 g/mol. The van der Waals surface area contributed by atoms with Gasteiger partial charge in [-0.05, 0) is 24.0 Å². The van der Waals surface area contributed by atoms with Crippen LogP contribution in [0.25, 0.3) is 0 Å². The van der Waals surface area contributed by atoms with Crippen LogP contribution in [0, 0.1) is 0 Å². The fourth-order valence-corrected chi connectivity index (χ4v) is 1.42. The Kier molecular flexibility index (Phi) is 3.55. The monoisotopic (exact) mass is 202 g/mol. The van der Waals surface area contributed by atoms with Crippen molar-refractivity contribution in [3.63, 3.8) is 0 Å². The Morgan fingerprint density at radius 3 is 2.14 bits per heavy atom. The van der Waals surface area contributed by atoms with Gasteiger partial charge in [-0.2, -0.15) is 13.2 Å². The summed E-state index contributed by atoms with van der Waals surface area (Å²) in [5.41, 5.74) is 1.82. The van der Waals surface area contributed by atoms with Crippen LogP contribution in [0.1, 0.15) is 24.5 Å². The molecule has 1 aromatic carbocycles. The van der Waals surface area contributed by atoms with Crippen LogP contribution in [-0.2, 0) is 12.8 Å². The molecule has 0 aliphatic carbocycles. The summed E-state index contributed by atoms with van der Waals surface area (Å²) in [6, 6.07) is 7.29. The van der Waals surface area contributed by atoms with Crippen molar-refractivity contribution in [2.24, 2.45) is 0 Å². The first-order valence-electron chi connectivity index (χ1n) is 4.66. The third kappa shape index (κ3) is 3.40. The molecule has 0 radical (unpaired) electrons. The van der Waals surface area contributed by atoms with Gasteiger partial charge in [-0.15, -0.1) is 0 Å². The number of rotatable bonds is 3. The van der Waals surface area contributed by atoms with E-state index in [9.17, 15) is 13.2 Å². The topological polar surface area (TPSA) is 0 Å². The van der Waals surface area contributed by atoms with E-state index in [4.69, 9.17) is 0 Å². The molecular formula is C11H13F3. The summed E-state index contributed by atoms with van der Waals surface area (Å²) >= 11 is 0. The van der Waals surface area contributed by atoms with Gasteiger partial charge in [-0.3, -0.25) is 0 Å². The minimum atomic E-state index is -4.05. The number of aryl methyl sites for hydroxylation is 2. The Bertz CT molecular complexity index is 289. The predicted octanol–water partition coefficient (Wildman–Crippen LogP) is 3.74. The number of hydrogen-bond acceptors (Lipinski definition) is 0. The van der Waals surface area contributed by atoms with Gasteiger partial charge in [-0.25, -0.2) is 0 Å². The van der Waals surface area contributed by atoms with Crippen molar-refractivity contribution in [2.45, 2.75) is 32.4 Å². The Morgan fingerprint density at radius 1 is 1.07 bits per heavy atom. The molecule has 0 fully saturated rings. The van der Waals surface area contributed by atoms with Gasteiger partial charge in [0.1, 0.15) is 0 Å². The highest BCUT2D eigenvalue weighted by molar-refractivity contribution is 5.27.